The van der Waals surface area contributed by atoms with Crippen LogP contribution >= 0.6 is 0 Å². The number of imidazole rings is 1. The summed E-state index contributed by atoms with van der Waals surface area (Å²) < 4.78 is 3.73. The van der Waals surface area contributed by atoms with Gasteiger partial charge in [0.25, 0.3) is 5.91 Å². The molecule has 4 rings (SSSR count). The highest BCUT2D eigenvalue weighted by atomic mass is 16.2. The molecule has 1 atom stereocenters. The van der Waals surface area contributed by atoms with Gasteiger partial charge >= 0.3 is 0 Å². The highest BCUT2D eigenvalue weighted by Gasteiger charge is 2.16. The molecule has 0 aliphatic carbocycles. The third kappa shape index (κ3) is 3.60. The molecule has 1 aliphatic heterocycles. The van der Waals surface area contributed by atoms with Crippen molar-refractivity contribution in [2.24, 2.45) is 5.92 Å². The Kier molecular flexibility index (Phi) is 4.66. The minimum atomic E-state index is -0.230. The molecular weight excluding hydrogens is 330 g/mol. The lowest BCUT2D eigenvalue weighted by molar-refractivity contribution is 0.0945. The van der Waals surface area contributed by atoms with Crippen LogP contribution in [0.3, 0.4) is 0 Å². The van der Waals surface area contributed by atoms with E-state index in [1.807, 2.05) is 35.9 Å². The van der Waals surface area contributed by atoms with Crippen LogP contribution in [0, 0.1) is 12.8 Å². The first-order valence-electron chi connectivity index (χ1n) is 9.01. The van der Waals surface area contributed by atoms with Crippen molar-refractivity contribution in [1.82, 2.24) is 35.0 Å². The van der Waals surface area contributed by atoms with Crippen molar-refractivity contribution in [2.75, 3.05) is 13.1 Å². The predicted molar refractivity (Wildman–Crippen MR) is 96.7 cm³/mol. The molecule has 0 unspecified atom stereocenters. The maximum atomic E-state index is 12.3. The van der Waals surface area contributed by atoms with E-state index in [1.165, 1.54) is 12.8 Å². The van der Waals surface area contributed by atoms with Crippen molar-refractivity contribution in [3.05, 3.63) is 47.7 Å². The van der Waals surface area contributed by atoms with Crippen molar-refractivity contribution >= 4 is 11.6 Å². The molecule has 3 aromatic rings. The Morgan fingerprint density at radius 3 is 3.15 bits per heavy atom. The molecule has 4 heterocycles. The second-order valence-corrected chi connectivity index (χ2v) is 6.88. The average Bonchev–Trinajstić information content (AvgIpc) is 3.28. The highest BCUT2D eigenvalue weighted by molar-refractivity contribution is 5.91. The molecule has 26 heavy (non-hydrogen) atoms. The monoisotopic (exact) mass is 353 g/mol. The molecule has 0 saturated carbocycles. The molecule has 1 aliphatic rings. The molecule has 8 heteroatoms. The summed E-state index contributed by atoms with van der Waals surface area (Å²) in [7, 11) is 0. The average molecular weight is 353 g/mol. The zero-order valence-electron chi connectivity index (χ0n) is 14.9. The number of nitrogens with zero attached hydrogens (tertiary/aromatic N) is 5. The summed E-state index contributed by atoms with van der Waals surface area (Å²) in [5.41, 5.74) is 3.16. The maximum absolute atomic E-state index is 12.3. The number of hydrogen-bond acceptors (Lipinski definition) is 5. The molecular formula is C18H23N7O. The molecule has 1 amide bonds. The van der Waals surface area contributed by atoms with Gasteiger partial charge in [-0.3, -0.25) is 9.48 Å². The van der Waals surface area contributed by atoms with Gasteiger partial charge in [-0.2, -0.15) is 0 Å². The Morgan fingerprint density at radius 2 is 2.35 bits per heavy atom. The Morgan fingerprint density at radius 1 is 1.42 bits per heavy atom. The van der Waals surface area contributed by atoms with Crippen LogP contribution in [0.5, 0.6) is 0 Å². The molecule has 0 aromatic carbocycles. The van der Waals surface area contributed by atoms with Gasteiger partial charge in [0.1, 0.15) is 5.65 Å². The van der Waals surface area contributed by atoms with E-state index >= 15 is 0 Å². The van der Waals surface area contributed by atoms with Gasteiger partial charge in [0.05, 0.1) is 18.4 Å². The normalized spacial score (nSPS) is 17.5. The second kappa shape index (κ2) is 7.25. The summed E-state index contributed by atoms with van der Waals surface area (Å²) in [5, 5.41) is 14.4. The van der Waals surface area contributed by atoms with E-state index in [0.717, 1.165) is 36.5 Å². The first kappa shape index (κ1) is 16.7. The number of aromatic nitrogens is 5. The van der Waals surface area contributed by atoms with Crippen LogP contribution < -0.4 is 10.6 Å². The highest BCUT2D eigenvalue weighted by Crippen LogP contribution is 2.12. The SMILES string of the molecule is Cc1cccn2cc(CNC(=O)c3cn(C[C@H]4CCCNC4)nn3)nc12. The summed E-state index contributed by atoms with van der Waals surface area (Å²) in [6.45, 7) is 5.25. The first-order chi connectivity index (χ1) is 12.7. The number of aryl methyl sites for hydroxylation is 1. The molecule has 3 aromatic heterocycles. The molecule has 8 nitrogen and oxygen atoms in total. The van der Waals surface area contributed by atoms with Crippen molar-refractivity contribution in [3.8, 4) is 0 Å². The van der Waals surface area contributed by atoms with Crippen LogP contribution in [-0.2, 0) is 13.1 Å². The Bertz CT molecular complexity index is 907. The van der Waals surface area contributed by atoms with E-state index in [4.69, 9.17) is 0 Å². The number of pyridine rings is 1. The number of hydrogen-bond donors (Lipinski definition) is 2. The van der Waals surface area contributed by atoms with E-state index < -0.39 is 0 Å². The number of amides is 1. The van der Waals surface area contributed by atoms with Crippen molar-refractivity contribution in [3.63, 3.8) is 0 Å². The zero-order valence-corrected chi connectivity index (χ0v) is 14.9. The quantitative estimate of drug-likeness (QED) is 0.719. The standard InChI is InChI=1S/C18H23N7O/c1-13-4-3-7-24-11-15(21-17(13)24)9-20-18(26)16-12-25(23-22-16)10-14-5-2-6-19-8-14/h3-4,7,11-12,14,19H,2,5-6,8-10H2,1H3,(H,20,26)/t14-/m0/s1. The number of piperidine rings is 1. The number of carbonyl (C=O) groups excluding carboxylic acids is 1. The minimum absolute atomic E-state index is 0.230. The van der Waals surface area contributed by atoms with E-state index in [2.05, 4.69) is 25.9 Å². The van der Waals surface area contributed by atoms with Gasteiger partial charge in [-0.25, -0.2) is 4.98 Å². The van der Waals surface area contributed by atoms with Crippen LogP contribution in [0.1, 0.15) is 34.6 Å². The molecule has 2 N–H and O–H groups in total. The number of nitrogens with one attached hydrogen (secondary N) is 2. The topological polar surface area (TPSA) is 89.1 Å². The van der Waals surface area contributed by atoms with Crippen LogP contribution in [0.25, 0.3) is 5.65 Å². The molecule has 136 valence electrons. The van der Waals surface area contributed by atoms with Crippen molar-refractivity contribution in [2.45, 2.75) is 32.9 Å². The summed E-state index contributed by atoms with van der Waals surface area (Å²) in [6, 6.07) is 4.00. The van der Waals surface area contributed by atoms with Gasteiger partial charge in [0.15, 0.2) is 5.69 Å². The smallest absolute Gasteiger partial charge is 0.273 e. The molecule has 0 radical (unpaired) electrons. The van der Waals surface area contributed by atoms with Gasteiger partial charge in [0, 0.05) is 18.9 Å². The maximum Gasteiger partial charge on any atom is 0.273 e. The predicted octanol–water partition coefficient (Wildman–Crippen LogP) is 1.16. The van der Waals surface area contributed by atoms with Gasteiger partial charge in [-0.15, -0.1) is 5.10 Å². The summed E-state index contributed by atoms with van der Waals surface area (Å²) in [6.07, 6.45) is 7.96. The first-order valence-corrected chi connectivity index (χ1v) is 9.01. The Labute approximate surface area is 151 Å². The van der Waals surface area contributed by atoms with Crippen LogP contribution in [0.15, 0.2) is 30.7 Å². The lowest BCUT2D eigenvalue weighted by Gasteiger charge is -2.22. The van der Waals surface area contributed by atoms with Crippen LogP contribution in [-0.4, -0.2) is 43.4 Å². The summed E-state index contributed by atoms with van der Waals surface area (Å²) in [5.74, 6) is 0.314. The number of carbonyl (C=O) groups is 1. The second-order valence-electron chi connectivity index (χ2n) is 6.88. The number of fused-ring (bicyclic) bond motifs is 1. The third-order valence-electron chi connectivity index (χ3n) is 4.77. The van der Waals surface area contributed by atoms with E-state index in [-0.39, 0.29) is 5.91 Å². The molecule has 1 fully saturated rings. The molecule has 0 bridgehead atoms. The number of rotatable bonds is 5. The van der Waals surface area contributed by atoms with Gasteiger partial charge in [0.2, 0.25) is 0 Å². The lowest BCUT2D eigenvalue weighted by atomic mass is 10.00. The van der Waals surface area contributed by atoms with Crippen molar-refractivity contribution in [1.29, 1.82) is 0 Å². The van der Waals surface area contributed by atoms with Gasteiger partial charge in [-0.1, -0.05) is 11.3 Å². The minimum Gasteiger partial charge on any atom is -0.345 e. The Balaban J connectivity index is 1.36. The van der Waals surface area contributed by atoms with Crippen LogP contribution in [0.4, 0.5) is 0 Å². The zero-order chi connectivity index (χ0) is 17.9. The fraction of sp³-hybridized carbons (Fsp3) is 0.444. The third-order valence-corrected chi connectivity index (χ3v) is 4.77. The fourth-order valence-electron chi connectivity index (χ4n) is 3.39. The lowest BCUT2D eigenvalue weighted by Crippen LogP contribution is -2.32. The van der Waals surface area contributed by atoms with Crippen LogP contribution in [0.2, 0.25) is 0 Å². The summed E-state index contributed by atoms with van der Waals surface area (Å²) in [4.78, 5) is 16.9. The molecule has 0 spiro atoms. The fourth-order valence-corrected chi connectivity index (χ4v) is 3.39. The van der Waals surface area contributed by atoms with E-state index in [1.54, 1.807) is 10.9 Å². The largest absolute Gasteiger partial charge is 0.345 e. The Hall–Kier alpha value is -2.74. The van der Waals surface area contributed by atoms with Gasteiger partial charge in [-0.05, 0) is 50.4 Å². The van der Waals surface area contributed by atoms with E-state index in [0.29, 0.717) is 18.2 Å². The van der Waals surface area contributed by atoms with Crippen molar-refractivity contribution < 1.29 is 4.79 Å². The van der Waals surface area contributed by atoms with E-state index in [9.17, 15) is 4.79 Å². The summed E-state index contributed by atoms with van der Waals surface area (Å²) >= 11 is 0. The van der Waals surface area contributed by atoms with Gasteiger partial charge < -0.3 is 15.0 Å². The molecule has 1 saturated heterocycles.